The van der Waals surface area contributed by atoms with Gasteiger partial charge in [-0.15, -0.1) is 0 Å². The summed E-state index contributed by atoms with van der Waals surface area (Å²) in [5, 5.41) is 3.22. The molecule has 0 spiro atoms. The fraction of sp³-hybridized carbons (Fsp3) is 0.583. The first-order chi connectivity index (χ1) is 7.26. The van der Waals surface area contributed by atoms with E-state index in [1.807, 2.05) is 6.20 Å². The van der Waals surface area contributed by atoms with Crippen molar-refractivity contribution in [2.45, 2.75) is 26.8 Å². The van der Waals surface area contributed by atoms with E-state index in [0.29, 0.717) is 0 Å². The summed E-state index contributed by atoms with van der Waals surface area (Å²) in [5.74, 6) is 0.972. The summed E-state index contributed by atoms with van der Waals surface area (Å²) in [7, 11) is 2.15. The predicted molar refractivity (Wildman–Crippen MR) is 65.0 cm³/mol. The number of anilines is 1. The molecule has 1 aromatic heterocycles. The van der Waals surface area contributed by atoms with E-state index in [0.717, 1.165) is 25.5 Å². The molecule has 1 N–H and O–H groups in total. The maximum atomic E-state index is 4.25. The Kier molecular flexibility index (Phi) is 5.12. The molecule has 0 aliphatic heterocycles. The number of rotatable bonds is 6. The number of hydrogen-bond acceptors (Lipinski definition) is 3. The molecule has 1 aromatic rings. The molecule has 15 heavy (non-hydrogen) atoms. The predicted octanol–water partition coefficient (Wildman–Crippen LogP) is 2.36. The average Bonchev–Trinajstić information content (AvgIpc) is 2.19. The molecular formula is C12H21N3. The highest BCUT2D eigenvalue weighted by molar-refractivity contribution is 5.37. The van der Waals surface area contributed by atoms with Crippen LogP contribution in [0.4, 0.5) is 5.82 Å². The van der Waals surface area contributed by atoms with Gasteiger partial charge in [0.2, 0.25) is 0 Å². The van der Waals surface area contributed by atoms with Crippen LogP contribution in [0.2, 0.25) is 0 Å². The molecule has 0 fully saturated rings. The van der Waals surface area contributed by atoms with Crippen LogP contribution in [0.1, 0.15) is 25.8 Å². The van der Waals surface area contributed by atoms with Crippen LogP contribution in [0.5, 0.6) is 0 Å². The molecule has 0 bridgehead atoms. The van der Waals surface area contributed by atoms with Crippen LogP contribution in [0.15, 0.2) is 18.3 Å². The second-order valence-corrected chi connectivity index (χ2v) is 3.82. The summed E-state index contributed by atoms with van der Waals surface area (Å²) in [6.45, 7) is 7.33. The average molecular weight is 207 g/mol. The molecule has 0 atom stereocenters. The standard InChI is InChI=1S/C12H21N3/c1-4-8-15(3)10-11-6-7-14-12(9-11)13-5-2/h6-7,9H,4-5,8,10H2,1-3H3,(H,13,14). The number of nitrogens with one attached hydrogen (secondary N) is 1. The first-order valence-electron chi connectivity index (χ1n) is 5.63. The van der Waals surface area contributed by atoms with Crippen molar-refractivity contribution in [1.29, 1.82) is 0 Å². The summed E-state index contributed by atoms with van der Waals surface area (Å²) in [4.78, 5) is 6.58. The third kappa shape index (κ3) is 4.30. The number of aromatic nitrogens is 1. The maximum absolute atomic E-state index is 4.25. The highest BCUT2D eigenvalue weighted by Gasteiger charge is 2.00. The zero-order valence-electron chi connectivity index (χ0n) is 9.95. The molecule has 0 radical (unpaired) electrons. The van der Waals surface area contributed by atoms with Crippen LogP contribution in [-0.4, -0.2) is 30.0 Å². The minimum absolute atomic E-state index is 0.918. The third-order valence-electron chi connectivity index (χ3n) is 2.24. The summed E-state index contributed by atoms with van der Waals surface area (Å²) in [5.41, 5.74) is 1.32. The van der Waals surface area contributed by atoms with Gasteiger partial charge in [0, 0.05) is 19.3 Å². The zero-order chi connectivity index (χ0) is 11.1. The molecule has 84 valence electrons. The Labute approximate surface area is 92.5 Å². The van der Waals surface area contributed by atoms with E-state index in [9.17, 15) is 0 Å². The molecule has 3 heteroatoms. The van der Waals surface area contributed by atoms with Crippen molar-refractivity contribution in [1.82, 2.24) is 9.88 Å². The van der Waals surface area contributed by atoms with Crippen LogP contribution in [0.3, 0.4) is 0 Å². The summed E-state index contributed by atoms with van der Waals surface area (Å²) in [6, 6.07) is 4.20. The van der Waals surface area contributed by atoms with Crippen LogP contribution in [-0.2, 0) is 6.54 Å². The third-order valence-corrected chi connectivity index (χ3v) is 2.24. The number of nitrogens with zero attached hydrogens (tertiary/aromatic N) is 2. The van der Waals surface area contributed by atoms with Crippen LogP contribution in [0, 0.1) is 0 Å². The molecule has 1 rings (SSSR count). The first kappa shape index (κ1) is 12.0. The monoisotopic (exact) mass is 207 g/mol. The van der Waals surface area contributed by atoms with Crippen molar-refractivity contribution in [3.05, 3.63) is 23.9 Å². The van der Waals surface area contributed by atoms with Crippen molar-refractivity contribution < 1.29 is 0 Å². The molecule has 3 nitrogen and oxygen atoms in total. The Morgan fingerprint density at radius 2 is 2.20 bits per heavy atom. The largest absolute Gasteiger partial charge is 0.370 e. The maximum Gasteiger partial charge on any atom is 0.126 e. The van der Waals surface area contributed by atoms with Crippen LogP contribution >= 0.6 is 0 Å². The highest BCUT2D eigenvalue weighted by Crippen LogP contribution is 2.08. The fourth-order valence-corrected chi connectivity index (χ4v) is 1.62. The lowest BCUT2D eigenvalue weighted by atomic mass is 10.2. The smallest absolute Gasteiger partial charge is 0.126 e. The van der Waals surface area contributed by atoms with Gasteiger partial charge in [-0.2, -0.15) is 0 Å². The zero-order valence-corrected chi connectivity index (χ0v) is 9.95. The molecule has 0 aliphatic rings. The van der Waals surface area contributed by atoms with E-state index < -0.39 is 0 Å². The molecule has 0 aliphatic carbocycles. The second-order valence-electron chi connectivity index (χ2n) is 3.82. The normalized spacial score (nSPS) is 10.7. The molecule has 0 saturated heterocycles. The minimum atomic E-state index is 0.918. The van der Waals surface area contributed by atoms with Crippen molar-refractivity contribution in [2.75, 3.05) is 25.5 Å². The van der Waals surface area contributed by atoms with Gasteiger partial charge in [0.15, 0.2) is 0 Å². The lowest BCUT2D eigenvalue weighted by Crippen LogP contribution is -2.18. The van der Waals surface area contributed by atoms with E-state index >= 15 is 0 Å². The minimum Gasteiger partial charge on any atom is -0.370 e. The van der Waals surface area contributed by atoms with Gasteiger partial charge in [-0.05, 0) is 44.6 Å². The highest BCUT2D eigenvalue weighted by atomic mass is 15.1. The van der Waals surface area contributed by atoms with Crippen molar-refractivity contribution in [3.63, 3.8) is 0 Å². The molecule has 0 aromatic carbocycles. The summed E-state index contributed by atoms with van der Waals surface area (Å²) < 4.78 is 0. The number of hydrogen-bond donors (Lipinski definition) is 1. The Morgan fingerprint density at radius 3 is 2.87 bits per heavy atom. The van der Waals surface area contributed by atoms with Gasteiger partial charge in [0.05, 0.1) is 0 Å². The van der Waals surface area contributed by atoms with Gasteiger partial charge in [-0.25, -0.2) is 4.98 Å². The van der Waals surface area contributed by atoms with Crippen LogP contribution < -0.4 is 5.32 Å². The fourth-order valence-electron chi connectivity index (χ4n) is 1.62. The summed E-state index contributed by atoms with van der Waals surface area (Å²) in [6.07, 6.45) is 3.06. The van der Waals surface area contributed by atoms with E-state index in [1.54, 1.807) is 0 Å². The van der Waals surface area contributed by atoms with Gasteiger partial charge >= 0.3 is 0 Å². The van der Waals surface area contributed by atoms with Crippen molar-refractivity contribution in [3.8, 4) is 0 Å². The number of pyridine rings is 1. The quantitative estimate of drug-likeness (QED) is 0.776. The summed E-state index contributed by atoms with van der Waals surface area (Å²) >= 11 is 0. The van der Waals surface area contributed by atoms with Crippen LogP contribution in [0.25, 0.3) is 0 Å². The van der Waals surface area contributed by atoms with Gasteiger partial charge in [0.25, 0.3) is 0 Å². The topological polar surface area (TPSA) is 28.2 Å². The van der Waals surface area contributed by atoms with Crippen molar-refractivity contribution >= 4 is 5.82 Å². The van der Waals surface area contributed by atoms with E-state index in [4.69, 9.17) is 0 Å². The van der Waals surface area contributed by atoms with Gasteiger partial charge in [-0.3, -0.25) is 0 Å². The Bertz CT molecular complexity index is 286. The molecule has 0 amide bonds. The van der Waals surface area contributed by atoms with Gasteiger partial charge in [-0.1, -0.05) is 6.92 Å². The van der Waals surface area contributed by atoms with E-state index in [1.165, 1.54) is 12.0 Å². The SMILES string of the molecule is CCCN(C)Cc1ccnc(NCC)c1. The van der Waals surface area contributed by atoms with Crippen molar-refractivity contribution in [2.24, 2.45) is 0 Å². The lowest BCUT2D eigenvalue weighted by molar-refractivity contribution is 0.327. The van der Waals surface area contributed by atoms with Gasteiger partial charge < -0.3 is 10.2 Å². The Hall–Kier alpha value is -1.09. The second kappa shape index (κ2) is 6.40. The molecule has 1 heterocycles. The van der Waals surface area contributed by atoms with E-state index in [2.05, 4.69) is 48.2 Å². The first-order valence-corrected chi connectivity index (χ1v) is 5.63. The van der Waals surface area contributed by atoms with E-state index in [-0.39, 0.29) is 0 Å². The Balaban J connectivity index is 2.56. The van der Waals surface area contributed by atoms with Gasteiger partial charge in [0.1, 0.15) is 5.82 Å². The Morgan fingerprint density at radius 1 is 1.40 bits per heavy atom. The molecule has 0 saturated carbocycles. The molecule has 0 unspecified atom stereocenters. The lowest BCUT2D eigenvalue weighted by Gasteiger charge is -2.15. The molecular weight excluding hydrogens is 186 g/mol.